The normalized spacial score (nSPS) is 11.7. The molecule has 0 bridgehead atoms. The van der Waals surface area contributed by atoms with E-state index in [1.165, 1.54) is 18.4 Å². The summed E-state index contributed by atoms with van der Waals surface area (Å²) in [6.45, 7) is 1.23. The average Bonchev–Trinajstić information content (AvgIpc) is 2.80. The van der Waals surface area contributed by atoms with Crippen molar-refractivity contribution in [2.45, 2.75) is 17.9 Å². The molecule has 0 atom stereocenters. The smallest absolute Gasteiger partial charge is 0.175 e. The van der Waals surface area contributed by atoms with Gasteiger partial charge in [0.2, 0.25) is 0 Å². The van der Waals surface area contributed by atoms with E-state index in [2.05, 4.69) is 5.16 Å². The van der Waals surface area contributed by atoms with Crippen LogP contribution in [0.3, 0.4) is 0 Å². The molecule has 168 valence electrons. The minimum Gasteiger partial charge on any atom is -0.493 e. The van der Waals surface area contributed by atoms with E-state index in [0.717, 1.165) is 16.9 Å². The van der Waals surface area contributed by atoms with Crippen molar-refractivity contribution >= 4 is 15.7 Å². The molecule has 0 saturated carbocycles. The van der Waals surface area contributed by atoms with Crippen LogP contribution >= 0.6 is 0 Å². The van der Waals surface area contributed by atoms with Crippen molar-refractivity contribution < 1.29 is 22.7 Å². The fourth-order valence-corrected chi connectivity index (χ4v) is 3.36. The van der Waals surface area contributed by atoms with Crippen LogP contribution in [-0.4, -0.2) is 33.7 Å². The molecule has 3 aromatic rings. The molecule has 0 unspecified atom stereocenters. The van der Waals surface area contributed by atoms with Gasteiger partial charge in [-0.3, -0.25) is 0 Å². The summed E-state index contributed by atoms with van der Waals surface area (Å²) in [6.07, 6.45) is 1.76. The Labute approximate surface area is 188 Å². The van der Waals surface area contributed by atoms with Crippen LogP contribution in [-0.2, 0) is 21.3 Å². The monoisotopic (exact) mass is 454 g/mol. The Morgan fingerprint density at radius 1 is 0.844 bits per heavy atom. The van der Waals surface area contributed by atoms with E-state index in [0.29, 0.717) is 32.0 Å². The lowest BCUT2D eigenvalue weighted by Gasteiger charge is -2.08. The molecule has 0 amide bonds. The van der Waals surface area contributed by atoms with Crippen LogP contribution in [0.15, 0.2) is 88.9 Å². The Morgan fingerprint density at radius 3 is 2.12 bits per heavy atom. The second-order valence-corrected chi connectivity index (χ2v) is 9.07. The second-order valence-electron chi connectivity index (χ2n) is 7.05. The zero-order chi connectivity index (χ0) is 22.8. The Bertz CT molecular complexity index is 1110. The van der Waals surface area contributed by atoms with E-state index in [9.17, 15) is 8.42 Å². The lowest BCUT2D eigenvalue weighted by atomic mass is 10.2. The van der Waals surface area contributed by atoms with Crippen molar-refractivity contribution in [2.75, 3.05) is 19.5 Å². The number of amidine groups is 1. The minimum absolute atomic E-state index is 0.258. The Hall–Kier alpha value is -3.52. The molecular weight excluding hydrogens is 428 g/mol. The van der Waals surface area contributed by atoms with Gasteiger partial charge in [0.05, 0.1) is 11.5 Å². The van der Waals surface area contributed by atoms with E-state index >= 15 is 0 Å². The van der Waals surface area contributed by atoms with Crippen LogP contribution in [0.4, 0.5) is 0 Å². The summed E-state index contributed by atoms with van der Waals surface area (Å²) in [5.74, 6) is 1.61. The standard InChI is InChI=1S/C24H26N2O5S/c1-32(27,28)23-14-12-21(13-15-23)29-16-5-17-31-26-24(25)20-8-10-22(11-9-20)30-18-19-6-3-2-4-7-19/h2-4,6-15H,5,16-18H2,1H3,(H2,25,26). The number of oxime groups is 1. The molecule has 8 heteroatoms. The molecule has 3 rings (SSSR count). The van der Waals surface area contributed by atoms with Gasteiger partial charge in [0.25, 0.3) is 0 Å². The molecule has 2 N–H and O–H groups in total. The van der Waals surface area contributed by atoms with Crippen molar-refractivity contribution in [1.29, 1.82) is 0 Å². The first kappa shape index (κ1) is 23.1. The summed E-state index contributed by atoms with van der Waals surface area (Å²) in [5, 5.41) is 3.93. The summed E-state index contributed by atoms with van der Waals surface area (Å²) < 4.78 is 34.2. The predicted molar refractivity (Wildman–Crippen MR) is 124 cm³/mol. The van der Waals surface area contributed by atoms with Crippen LogP contribution in [0.25, 0.3) is 0 Å². The first-order chi connectivity index (χ1) is 15.4. The molecule has 0 heterocycles. The second kappa shape index (κ2) is 11.2. The van der Waals surface area contributed by atoms with Crippen LogP contribution < -0.4 is 15.2 Å². The number of hydrogen-bond donors (Lipinski definition) is 1. The molecule has 0 spiro atoms. The molecule has 0 radical (unpaired) electrons. The average molecular weight is 455 g/mol. The van der Waals surface area contributed by atoms with E-state index in [1.807, 2.05) is 54.6 Å². The van der Waals surface area contributed by atoms with Crippen molar-refractivity contribution in [1.82, 2.24) is 0 Å². The number of nitrogens with two attached hydrogens (primary N) is 1. The molecule has 0 aliphatic heterocycles. The van der Waals surface area contributed by atoms with Gasteiger partial charge in [-0.05, 0) is 54.1 Å². The minimum atomic E-state index is -3.21. The summed E-state index contributed by atoms with van der Waals surface area (Å²) in [4.78, 5) is 5.52. The summed E-state index contributed by atoms with van der Waals surface area (Å²) in [6, 6.07) is 23.6. The van der Waals surface area contributed by atoms with Crippen molar-refractivity contribution in [3.05, 3.63) is 90.0 Å². The van der Waals surface area contributed by atoms with Gasteiger partial charge in [-0.2, -0.15) is 0 Å². The van der Waals surface area contributed by atoms with Gasteiger partial charge in [-0.25, -0.2) is 8.42 Å². The first-order valence-corrected chi connectivity index (χ1v) is 12.0. The number of rotatable bonds is 11. The number of sulfone groups is 1. The molecule has 32 heavy (non-hydrogen) atoms. The highest BCUT2D eigenvalue weighted by atomic mass is 32.2. The Balaban J connectivity index is 1.37. The van der Waals surface area contributed by atoms with Gasteiger partial charge in [-0.15, -0.1) is 0 Å². The zero-order valence-corrected chi connectivity index (χ0v) is 18.6. The molecule has 0 aromatic heterocycles. The summed E-state index contributed by atoms with van der Waals surface area (Å²) in [7, 11) is -3.21. The zero-order valence-electron chi connectivity index (χ0n) is 17.8. The van der Waals surface area contributed by atoms with E-state index in [1.54, 1.807) is 12.1 Å². The van der Waals surface area contributed by atoms with Crippen LogP contribution in [0.2, 0.25) is 0 Å². The number of hydrogen-bond acceptors (Lipinski definition) is 6. The lowest BCUT2D eigenvalue weighted by Crippen LogP contribution is -2.14. The lowest BCUT2D eigenvalue weighted by molar-refractivity contribution is 0.127. The maximum Gasteiger partial charge on any atom is 0.175 e. The van der Waals surface area contributed by atoms with E-state index in [4.69, 9.17) is 20.0 Å². The summed E-state index contributed by atoms with van der Waals surface area (Å²) >= 11 is 0. The fourth-order valence-electron chi connectivity index (χ4n) is 2.73. The van der Waals surface area contributed by atoms with Gasteiger partial charge >= 0.3 is 0 Å². The maximum atomic E-state index is 11.4. The Morgan fingerprint density at radius 2 is 1.47 bits per heavy atom. The van der Waals surface area contributed by atoms with Crippen molar-refractivity contribution in [3.8, 4) is 11.5 Å². The van der Waals surface area contributed by atoms with Crippen molar-refractivity contribution in [3.63, 3.8) is 0 Å². The fraction of sp³-hybridized carbons (Fsp3) is 0.208. The number of nitrogens with zero attached hydrogens (tertiary/aromatic N) is 1. The molecule has 0 aliphatic carbocycles. The number of ether oxygens (including phenoxy) is 2. The quantitative estimate of drug-likeness (QED) is 0.205. The van der Waals surface area contributed by atoms with Gasteiger partial charge in [0.1, 0.15) is 24.7 Å². The largest absolute Gasteiger partial charge is 0.493 e. The molecule has 0 fully saturated rings. The topological polar surface area (TPSA) is 100 Å². The third-order valence-corrected chi connectivity index (χ3v) is 5.59. The highest BCUT2D eigenvalue weighted by molar-refractivity contribution is 7.90. The van der Waals surface area contributed by atoms with Crippen LogP contribution in [0.5, 0.6) is 11.5 Å². The molecule has 0 aliphatic rings. The third-order valence-electron chi connectivity index (χ3n) is 4.46. The van der Waals surface area contributed by atoms with Crippen LogP contribution in [0.1, 0.15) is 17.5 Å². The van der Waals surface area contributed by atoms with Gasteiger partial charge in [-0.1, -0.05) is 35.5 Å². The van der Waals surface area contributed by atoms with E-state index in [-0.39, 0.29) is 10.7 Å². The molecule has 7 nitrogen and oxygen atoms in total. The number of benzene rings is 3. The van der Waals surface area contributed by atoms with E-state index < -0.39 is 9.84 Å². The third kappa shape index (κ3) is 7.31. The maximum absolute atomic E-state index is 11.4. The summed E-state index contributed by atoms with van der Waals surface area (Å²) in [5.41, 5.74) is 7.80. The van der Waals surface area contributed by atoms with Gasteiger partial charge < -0.3 is 20.0 Å². The first-order valence-electron chi connectivity index (χ1n) is 10.1. The SMILES string of the molecule is CS(=O)(=O)c1ccc(OCCCO/N=C(/N)c2ccc(OCc3ccccc3)cc2)cc1. The predicted octanol–water partition coefficient (Wildman–Crippen LogP) is 3.78. The van der Waals surface area contributed by atoms with Crippen molar-refractivity contribution in [2.24, 2.45) is 10.9 Å². The highest BCUT2D eigenvalue weighted by Gasteiger charge is 2.06. The van der Waals surface area contributed by atoms with Gasteiger partial charge in [0, 0.05) is 18.2 Å². The van der Waals surface area contributed by atoms with Gasteiger partial charge in [0.15, 0.2) is 15.7 Å². The molecular formula is C24H26N2O5S. The van der Waals surface area contributed by atoms with Crippen LogP contribution in [0, 0.1) is 0 Å². The highest BCUT2D eigenvalue weighted by Crippen LogP contribution is 2.16. The molecule has 3 aromatic carbocycles. The molecule has 0 saturated heterocycles. The Kier molecular flexibility index (Phi) is 8.10.